The van der Waals surface area contributed by atoms with Gasteiger partial charge in [0.15, 0.2) is 11.6 Å². The summed E-state index contributed by atoms with van der Waals surface area (Å²) in [7, 11) is 1.55. The van der Waals surface area contributed by atoms with Crippen LogP contribution in [0.15, 0.2) is 50.7 Å². The molecule has 1 aromatic carbocycles. The number of fused-ring (bicyclic) bond motifs is 2. The molecule has 1 atom stereocenters. The number of ether oxygens (including phenoxy) is 1. The van der Waals surface area contributed by atoms with E-state index in [0.717, 1.165) is 24.7 Å². The first-order valence-corrected chi connectivity index (χ1v) is 10.6. The van der Waals surface area contributed by atoms with Gasteiger partial charge >= 0.3 is 0 Å². The van der Waals surface area contributed by atoms with Crippen molar-refractivity contribution in [2.24, 2.45) is 7.05 Å². The summed E-state index contributed by atoms with van der Waals surface area (Å²) in [6.45, 7) is 3.09. The van der Waals surface area contributed by atoms with Gasteiger partial charge in [-0.2, -0.15) is 5.10 Å². The molecular formula is C23H23FN4O4. The van der Waals surface area contributed by atoms with Crippen LogP contribution in [-0.4, -0.2) is 27.6 Å². The normalized spacial score (nSPS) is 16.0. The molecule has 8 nitrogen and oxygen atoms in total. The molecule has 1 N–H and O–H groups in total. The van der Waals surface area contributed by atoms with Gasteiger partial charge in [0.25, 0.3) is 11.1 Å². The van der Waals surface area contributed by atoms with Crippen LogP contribution in [-0.2, 0) is 11.8 Å². The number of nitrogens with zero attached hydrogens (tertiary/aromatic N) is 3. The second-order valence-corrected chi connectivity index (χ2v) is 8.14. The van der Waals surface area contributed by atoms with Crippen molar-refractivity contribution in [2.45, 2.75) is 31.8 Å². The first-order chi connectivity index (χ1) is 15.4. The Morgan fingerprint density at radius 1 is 1.19 bits per heavy atom. The topological polar surface area (TPSA) is 91.3 Å². The third-order valence-electron chi connectivity index (χ3n) is 6.10. The molecule has 5 rings (SSSR count). The minimum absolute atomic E-state index is 0.00910. The van der Waals surface area contributed by atoms with Crippen LogP contribution in [0, 0.1) is 5.82 Å². The molecule has 4 heterocycles. The zero-order valence-electron chi connectivity index (χ0n) is 17.8. The molecular weight excluding hydrogens is 415 g/mol. The van der Waals surface area contributed by atoms with Crippen LogP contribution < -0.4 is 16.4 Å². The van der Waals surface area contributed by atoms with Crippen molar-refractivity contribution in [1.29, 1.82) is 0 Å². The van der Waals surface area contributed by atoms with E-state index in [1.165, 1.54) is 10.7 Å². The average Bonchev–Trinajstić information content (AvgIpc) is 3.18. The molecule has 0 radical (unpaired) electrons. The number of halogens is 1. The highest BCUT2D eigenvalue weighted by atomic mass is 19.1. The lowest BCUT2D eigenvalue weighted by Crippen LogP contribution is -2.30. The fourth-order valence-electron chi connectivity index (χ4n) is 4.36. The Morgan fingerprint density at radius 2 is 1.97 bits per heavy atom. The van der Waals surface area contributed by atoms with E-state index in [1.807, 2.05) is 13.0 Å². The minimum atomic E-state index is -0.416. The Morgan fingerprint density at radius 3 is 2.75 bits per heavy atom. The number of anilines is 1. The van der Waals surface area contributed by atoms with Crippen LogP contribution in [0.2, 0.25) is 0 Å². The number of furan rings is 1. The summed E-state index contributed by atoms with van der Waals surface area (Å²) in [6.07, 6.45) is 4.27. The van der Waals surface area contributed by atoms with Crippen molar-refractivity contribution in [3.63, 3.8) is 0 Å². The van der Waals surface area contributed by atoms with Gasteiger partial charge in [0, 0.05) is 49.5 Å². The summed E-state index contributed by atoms with van der Waals surface area (Å²) in [5, 5.41) is 9.01. The summed E-state index contributed by atoms with van der Waals surface area (Å²) in [6, 6.07) is 6.37. The van der Waals surface area contributed by atoms with E-state index in [9.17, 15) is 14.0 Å². The average molecular weight is 438 g/mol. The molecule has 166 valence electrons. The van der Waals surface area contributed by atoms with Gasteiger partial charge in [-0.1, -0.05) is 12.1 Å². The molecule has 1 aliphatic heterocycles. The molecule has 0 aliphatic carbocycles. The van der Waals surface area contributed by atoms with E-state index in [-0.39, 0.29) is 23.2 Å². The van der Waals surface area contributed by atoms with Crippen LogP contribution in [0.4, 0.5) is 10.2 Å². The SMILES string of the molecule is C[C@@H](Nc1nn(C)c(=O)c2cc(=O)n(C3CCOCC3)cc12)c1cccc2c(F)coc12. The third kappa shape index (κ3) is 3.38. The van der Waals surface area contributed by atoms with Crippen LogP contribution in [0.25, 0.3) is 21.7 Å². The van der Waals surface area contributed by atoms with E-state index in [2.05, 4.69) is 10.4 Å². The van der Waals surface area contributed by atoms with Gasteiger partial charge in [-0.3, -0.25) is 9.59 Å². The van der Waals surface area contributed by atoms with Crippen LogP contribution in [0.3, 0.4) is 0 Å². The van der Waals surface area contributed by atoms with Gasteiger partial charge < -0.3 is 19.0 Å². The first kappa shape index (κ1) is 20.4. The van der Waals surface area contributed by atoms with E-state index < -0.39 is 5.82 Å². The molecule has 1 aliphatic rings. The first-order valence-electron chi connectivity index (χ1n) is 10.6. The third-order valence-corrected chi connectivity index (χ3v) is 6.10. The molecule has 32 heavy (non-hydrogen) atoms. The van der Waals surface area contributed by atoms with Crippen molar-refractivity contribution >= 4 is 27.6 Å². The van der Waals surface area contributed by atoms with Gasteiger partial charge in [-0.25, -0.2) is 9.07 Å². The number of aryl methyl sites for hydroxylation is 1. The number of aromatic nitrogens is 3. The highest BCUT2D eigenvalue weighted by Gasteiger charge is 2.21. The number of para-hydroxylation sites is 1. The highest BCUT2D eigenvalue weighted by molar-refractivity contribution is 5.90. The van der Waals surface area contributed by atoms with Crippen molar-refractivity contribution in [2.75, 3.05) is 18.5 Å². The largest absolute Gasteiger partial charge is 0.461 e. The zero-order valence-corrected chi connectivity index (χ0v) is 17.8. The number of rotatable bonds is 4. The Labute approximate surface area is 182 Å². The van der Waals surface area contributed by atoms with Crippen LogP contribution in [0.5, 0.6) is 0 Å². The zero-order chi connectivity index (χ0) is 22.4. The second-order valence-electron chi connectivity index (χ2n) is 8.14. The van der Waals surface area contributed by atoms with Crippen LogP contribution in [0.1, 0.15) is 37.4 Å². The number of nitrogens with one attached hydrogen (secondary N) is 1. The second kappa shape index (κ2) is 7.90. The lowest BCUT2D eigenvalue weighted by Gasteiger charge is -2.25. The van der Waals surface area contributed by atoms with E-state index in [1.54, 1.807) is 29.9 Å². The Hall–Kier alpha value is -3.46. The molecule has 0 saturated carbocycles. The molecule has 0 unspecified atom stereocenters. The number of benzene rings is 1. The maximum Gasteiger partial charge on any atom is 0.274 e. The maximum atomic E-state index is 14.0. The smallest absolute Gasteiger partial charge is 0.274 e. The van der Waals surface area contributed by atoms with Gasteiger partial charge in [0.2, 0.25) is 0 Å². The fourth-order valence-corrected chi connectivity index (χ4v) is 4.36. The highest BCUT2D eigenvalue weighted by Crippen LogP contribution is 2.30. The number of hydrogen-bond acceptors (Lipinski definition) is 6. The molecule has 3 aromatic heterocycles. The van der Waals surface area contributed by atoms with Gasteiger partial charge in [0.1, 0.15) is 11.8 Å². The quantitative estimate of drug-likeness (QED) is 0.524. The predicted octanol–water partition coefficient (Wildman–Crippen LogP) is 3.51. The van der Waals surface area contributed by atoms with Crippen LogP contribution >= 0.6 is 0 Å². The molecule has 1 fully saturated rings. The van der Waals surface area contributed by atoms with E-state index in [0.29, 0.717) is 40.8 Å². The fraction of sp³-hybridized carbons (Fsp3) is 0.348. The number of pyridine rings is 1. The monoisotopic (exact) mass is 438 g/mol. The molecule has 0 spiro atoms. The van der Waals surface area contributed by atoms with Gasteiger partial charge in [0.05, 0.1) is 16.8 Å². The molecule has 0 bridgehead atoms. The summed E-state index contributed by atoms with van der Waals surface area (Å²) in [5.41, 5.74) is 0.651. The van der Waals surface area contributed by atoms with Gasteiger partial charge in [-0.05, 0) is 25.8 Å². The lowest BCUT2D eigenvalue weighted by molar-refractivity contribution is 0.0688. The molecule has 0 amide bonds. The Kier molecular flexibility index (Phi) is 5.05. The van der Waals surface area contributed by atoms with Crippen molar-refractivity contribution in [3.05, 3.63) is 68.8 Å². The molecule has 9 heteroatoms. The van der Waals surface area contributed by atoms with Crippen molar-refractivity contribution in [1.82, 2.24) is 14.3 Å². The number of hydrogen-bond donors (Lipinski definition) is 1. The maximum absolute atomic E-state index is 14.0. The molecule has 4 aromatic rings. The standard InChI is InChI=1S/C23H23FN4O4/c1-13(15-4-3-5-16-19(24)12-32-21(15)16)25-22-18-11-28(14-6-8-31-9-7-14)20(29)10-17(18)23(30)27(2)26-22/h3-5,10-14H,6-9H2,1-2H3,(H,25,26)/t13-/m1/s1. The lowest BCUT2D eigenvalue weighted by atomic mass is 10.1. The Bertz CT molecular complexity index is 1430. The van der Waals surface area contributed by atoms with Gasteiger partial charge in [-0.15, -0.1) is 0 Å². The summed E-state index contributed by atoms with van der Waals surface area (Å²) < 4.78 is 27.7. The minimum Gasteiger partial charge on any atom is -0.461 e. The van der Waals surface area contributed by atoms with Crippen molar-refractivity contribution in [3.8, 4) is 0 Å². The van der Waals surface area contributed by atoms with Crippen molar-refractivity contribution < 1.29 is 13.5 Å². The summed E-state index contributed by atoms with van der Waals surface area (Å²) >= 11 is 0. The molecule has 1 saturated heterocycles. The summed E-state index contributed by atoms with van der Waals surface area (Å²) in [4.78, 5) is 25.5. The van der Waals surface area contributed by atoms with E-state index in [4.69, 9.17) is 9.15 Å². The Balaban J connectivity index is 1.61. The van der Waals surface area contributed by atoms with E-state index >= 15 is 0 Å². The summed E-state index contributed by atoms with van der Waals surface area (Å²) in [5.74, 6) is 0.0413. The predicted molar refractivity (Wildman–Crippen MR) is 119 cm³/mol.